The highest BCUT2D eigenvalue weighted by Gasteiger charge is 2.34. The van der Waals surface area contributed by atoms with Crippen LogP contribution in [0.4, 0.5) is 0 Å². The highest BCUT2D eigenvalue weighted by atomic mass is 16.6. The first-order chi connectivity index (χ1) is 22.1. The van der Waals surface area contributed by atoms with Gasteiger partial charge in [0.2, 0.25) is 0 Å². The number of fused-ring (bicyclic) bond motifs is 1. The van der Waals surface area contributed by atoms with Crippen molar-refractivity contribution < 1.29 is 57.9 Å². The van der Waals surface area contributed by atoms with E-state index in [0.717, 1.165) is 0 Å². The summed E-state index contributed by atoms with van der Waals surface area (Å²) in [5, 5.41) is 20.0. The van der Waals surface area contributed by atoms with Gasteiger partial charge in [-0.3, -0.25) is 4.79 Å². The molecular weight excluding hydrogens is 612 g/mol. The fourth-order valence-electron chi connectivity index (χ4n) is 5.08. The molecule has 47 heavy (non-hydrogen) atoms. The molecular formula is C35H38O12. The zero-order valence-corrected chi connectivity index (χ0v) is 26.9. The second kappa shape index (κ2) is 15.8. The number of allylic oxidation sites excluding steroid dienone is 7. The van der Waals surface area contributed by atoms with E-state index in [1.807, 2.05) is 0 Å². The predicted molar refractivity (Wildman–Crippen MR) is 167 cm³/mol. The van der Waals surface area contributed by atoms with Crippen molar-refractivity contribution in [3.05, 3.63) is 92.7 Å². The van der Waals surface area contributed by atoms with Gasteiger partial charge in [0, 0.05) is 40.7 Å². The van der Waals surface area contributed by atoms with E-state index in [1.54, 1.807) is 19.9 Å². The van der Waals surface area contributed by atoms with Gasteiger partial charge in [-0.1, -0.05) is 36.5 Å². The van der Waals surface area contributed by atoms with Crippen LogP contribution in [0.5, 0.6) is 0 Å². The van der Waals surface area contributed by atoms with E-state index in [0.29, 0.717) is 46.3 Å². The summed E-state index contributed by atoms with van der Waals surface area (Å²) in [6, 6.07) is 0. The van der Waals surface area contributed by atoms with Gasteiger partial charge in [0.15, 0.2) is 0 Å². The molecule has 0 bridgehead atoms. The molecule has 1 saturated carbocycles. The minimum Gasteiger partial charge on any atom is -0.478 e. The molecule has 12 nitrogen and oxygen atoms in total. The number of carboxylic acid groups (broad SMARTS) is 2. The minimum absolute atomic E-state index is 0.0572. The molecule has 0 aliphatic heterocycles. The largest absolute Gasteiger partial charge is 0.478 e. The molecule has 12 heteroatoms. The van der Waals surface area contributed by atoms with E-state index in [1.165, 1.54) is 26.0 Å². The van der Waals surface area contributed by atoms with E-state index < -0.39 is 41.7 Å². The SMILES string of the molecule is C=C(C)C(=O)OCCOC(=O)C1=C2CCC2=C(C2=C(/C)C/C(C(=O)O)=C\C(C(=O)OCCOC(=O)C(=C)C)\C(C)=C\2)C=C(C(=O)O)C1. The summed E-state index contributed by atoms with van der Waals surface area (Å²) in [6.07, 6.45) is 5.21. The van der Waals surface area contributed by atoms with Crippen LogP contribution in [0.25, 0.3) is 0 Å². The Morgan fingerprint density at radius 1 is 0.723 bits per heavy atom. The third kappa shape index (κ3) is 9.15. The third-order valence-electron chi connectivity index (χ3n) is 7.66. The molecule has 3 aliphatic rings. The van der Waals surface area contributed by atoms with Crippen molar-refractivity contribution in [2.75, 3.05) is 26.4 Å². The summed E-state index contributed by atoms with van der Waals surface area (Å²) in [6.45, 7) is 12.4. The first kappa shape index (κ1) is 36.2. The van der Waals surface area contributed by atoms with Crippen LogP contribution in [0.3, 0.4) is 0 Å². The molecule has 0 radical (unpaired) electrons. The Morgan fingerprint density at radius 2 is 1.26 bits per heavy atom. The van der Waals surface area contributed by atoms with E-state index in [-0.39, 0.29) is 67.1 Å². The van der Waals surface area contributed by atoms with Gasteiger partial charge in [-0.05, 0) is 68.9 Å². The van der Waals surface area contributed by atoms with E-state index in [9.17, 15) is 39.0 Å². The number of aliphatic carboxylic acids is 2. The van der Waals surface area contributed by atoms with Crippen molar-refractivity contribution in [1.82, 2.24) is 0 Å². The Bertz CT molecular complexity index is 1620. The van der Waals surface area contributed by atoms with Gasteiger partial charge in [-0.2, -0.15) is 0 Å². The van der Waals surface area contributed by atoms with Crippen LogP contribution >= 0.6 is 0 Å². The summed E-state index contributed by atoms with van der Waals surface area (Å²) in [7, 11) is 0. The van der Waals surface area contributed by atoms with Gasteiger partial charge in [0.1, 0.15) is 26.4 Å². The lowest BCUT2D eigenvalue weighted by Gasteiger charge is -2.28. The number of carbonyl (C=O) groups is 6. The third-order valence-corrected chi connectivity index (χ3v) is 7.66. The molecule has 0 spiro atoms. The highest BCUT2D eigenvalue weighted by molar-refractivity contribution is 5.97. The Hall–Kier alpha value is -5.26. The summed E-state index contributed by atoms with van der Waals surface area (Å²) in [5.41, 5.74) is 3.79. The number of hydrogen-bond acceptors (Lipinski definition) is 10. The molecule has 1 atom stereocenters. The fraction of sp³-hybridized carbons (Fsp3) is 0.371. The van der Waals surface area contributed by atoms with Gasteiger partial charge in [-0.15, -0.1) is 0 Å². The fourth-order valence-corrected chi connectivity index (χ4v) is 5.08. The van der Waals surface area contributed by atoms with Crippen LogP contribution in [-0.4, -0.2) is 72.5 Å². The molecule has 250 valence electrons. The lowest BCUT2D eigenvalue weighted by molar-refractivity contribution is -0.151. The molecule has 0 aromatic rings. The van der Waals surface area contributed by atoms with Crippen LogP contribution < -0.4 is 0 Å². The van der Waals surface area contributed by atoms with Crippen molar-refractivity contribution >= 4 is 35.8 Å². The van der Waals surface area contributed by atoms with Crippen molar-refractivity contribution in [1.29, 1.82) is 0 Å². The highest BCUT2D eigenvalue weighted by Crippen LogP contribution is 2.46. The number of ether oxygens (including phenoxy) is 4. The smallest absolute Gasteiger partial charge is 0.334 e. The summed E-state index contributed by atoms with van der Waals surface area (Å²) < 4.78 is 20.5. The first-order valence-electron chi connectivity index (χ1n) is 14.8. The van der Waals surface area contributed by atoms with E-state index >= 15 is 0 Å². The van der Waals surface area contributed by atoms with Crippen LogP contribution in [-0.2, 0) is 47.7 Å². The number of carboxylic acids is 2. The van der Waals surface area contributed by atoms with Crippen LogP contribution in [0.1, 0.15) is 53.4 Å². The average Bonchev–Trinajstić information content (AvgIpc) is 3.09. The first-order valence-corrected chi connectivity index (χ1v) is 14.8. The average molecular weight is 651 g/mol. The predicted octanol–water partition coefficient (Wildman–Crippen LogP) is 4.41. The van der Waals surface area contributed by atoms with Crippen LogP contribution in [0.2, 0.25) is 0 Å². The lowest BCUT2D eigenvalue weighted by Crippen LogP contribution is -2.22. The number of esters is 4. The Labute approximate surface area is 272 Å². The molecule has 0 heterocycles. The number of carbonyl (C=O) groups excluding carboxylic acids is 4. The molecule has 0 aromatic heterocycles. The number of rotatable bonds is 13. The normalized spacial score (nSPS) is 21.4. The maximum Gasteiger partial charge on any atom is 0.334 e. The topological polar surface area (TPSA) is 180 Å². The molecule has 1 unspecified atom stereocenters. The minimum atomic E-state index is -1.25. The van der Waals surface area contributed by atoms with E-state index in [2.05, 4.69) is 13.2 Å². The quantitative estimate of drug-likeness (QED) is 0.124. The van der Waals surface area contributed by atoms with Gasteiger partial charge in [0.05, 0.1) is 5.92 Å². The zero-order valence-electron chi connectivity index (χ0n) is 26.9. The van der Waals surface area contributed by atoms with Gasteiger partial charge < -0.3 is 29.2 Å². The Balaban J connectivity index is 1.98. The standard InChI is InChI=1S/C35H38O12/c1-18(2)32(40)44-9-11-46-34(42)27-15-22(30(36)37)13-20(5)26(14-21(27)6)28-16-23(31(38)39)17-29(25-8-7-24(25)28)35(43)47-12-10-45-33(41)19(3)4/h14-16,27H,1,3,7-13,17H2,2,4-6H3,(H,36,37)(H,38,39)/b21-14+,22-15+,26-20-. The van der Waals surface area contributed by atoms with Crippen molar-refractivity contribution in [2.24, 2.45) is 5.92 Å². The molecule has 1 fully saturated rings. The second-order valence-electron chi connectivity index (χ2n) is 11.4. The Morgan fingerprint density at radius 3 is 1.77 bits per heavy atom. The Kier molecular flexibility index (Phi) is 12.2. The summed E-state index contributed by atoms with van der Waals surface area (Å²) in [5.74, 6) is -6.36. The van der Waals surface area contributed by atoms with E-state index in [4.69, 9.17) is 18.9 Å². The van der Waals surface area contributed by atoms with Crippen molar-refractivity contribution in [3.63, 3.8) is 0 Å². The van der Waals surface area contributed by atoms with Crippen molar-refractivity contribution in [3.8, 4) is 0 Å². The zero-order chi connectivity index (χ0) is 35.0. The van der Waals surface area contributed by atoms with Gasteiger partial charge in [-0.25, -0.2) is 24.0 Å². The maximum atomic E-state index is 13.1. The molecule has 0 saturated heterocycles. The molecule has 2 N–H and O–H groups in total. The van der Waals surface area contributed by atoms with Crippen molar-refractivity contribution in [2.45, 2.75) is 53.4 Å². The molecule has 3 aliphatic carbocycles. The molecule has 3 rings (SSSR count). The second-order valence-corrected chi connectivity index (χ2v) is 11.4. The molecule has 0 aromatic carbocycles. The molecule has 0 amide bonds. The maximum absolute atomic E-state index is 13.1. The monoisotopic (exact) mass is 650 g/mol. The van der Waals surface area contributed by atoms with Gasteiger partial charge >= 0.3 is 35.8 Å². The van der Waals surface area contributed by atoms with Crippen LogP contribution in [0.15, 0.2) is 92.7 Å². The van der Waals surface area contributed by atoms with Crippen LogP contribution in [0, 0.1) is 5.92 Å². The van der Waals surface area contributed by atoms with Gasteiger partial charge in [0.25, 0.3) is 0 Å². The number of hydrogen-bond donors (Lipinski definition) is 2. The summed E-state index contributed by atoms with van der Waals surface area (Å²) in [4.78, 5) is 74.1. The summed E-state index contributed by atoms with van der Waals surface area (Å²) >= 11 is 0. The lowest BCUT2D eigenvalue weighted by atomic mass is 9.76.